The van der Waals surface area contributed by atoms with Crippen molar-refractivity contribution in [2.24, 2.45) is 5.92 Å². The molecule has 0 aliphatic heterocycles. The first kappa shape index (κ1) is 14.0. The third-order valence-corrected chi connectivity index (χ3v) is 1.80. The Bertz CT molecular complexity index is 324. The van der Waals surface area contributed by atoms with E-state index in [1.165, 1.54) is 6.92 Å². The van der Waals surface area contributed by atoms with Crippen molar-refractivity contribution in [3.63, 3.8) is 0 Å². The lowest BCUT2D eigenvalue weighted by Crippen LogP contribution is -2.40. The number of amides is 1. The SMILES string of the molecule is C#C[C@H](C#N)[C@@H](CC(=O)OCC)NC(C)=O. The number of carbonyl (C=O) groups excluding carboxylic acids is 2. The van der Waals surface area contributed by atoms with E-state index in [4.69, 9.17) is 16.4 Å². The molecule has 0 heterocycles. The lowest BCUT2D eigenvalue weighted by molar-refractivity contribution is -0.143. The molecule has 0 rings (SSSR count). The number of nitrogens with zero attached hydrogens (tertiary/aromatic N) is 1. The molecule has 0 aromatic heterocycles. The van der Waals surface area contributed by atoms with Gasteiger partial charge in [0.25, 0.3) is 0 Å². The Balaban J connectivity index is 4.56. The van der Waals surface area contributed by atoms with Gasteiger partial charge < -0.3 is 10.1 Å². The van der Waals surface area contributed by atoms with Gasteiger partial charge in [-0.1, -0.05) is 5.92 Å². The summed E-state index contributed by atoms with van der Waals surface area (Å²) >= 11 is 0. The molecule has 0 saturated carbocycles. The zero-order valence-electron chi connectivity index (χ0n) is 9.32. The maximum Gasteiger partial charge on any atom is 0.307 e. The van der Waals surface area contributed by atoms with Gasteiger partial charge >= 0.3 is 5.97 Å². The summed E-state index contributed by atoms with van der Waals surface area (Å²) in [6, 6.07) is 1.14. The van der Waals surface area contributed by atoms with Gasteiger partial charge in [0.2, 0.25) is 5.91 Å². The number of esters is 1. The zero-order chi connectivity index (χ0) is 12.6. The number of nitriles is 1. The van der Waals surface area contributed by atoms with Gasteiger partial charge in [0.15, 0.2) is 0 Å². The topological polar surface area (TPSA) is 79.2 Å². The average Bonchev–Trinajstić information content (AvgIpc) is 2.18. The molecule has 16 heavy (non-hydrogen) atoms. The third kappa shape index (κ3) is 5.02. The molecule has 1 N–H and O–H groups in total. The molecular weight excluding hydrogens is 208 g/mol. The maximum atomic E-state index is 11.2. The Kier molecular flexibility index (Phi) is 6.39. The Labute approximate surface area is 94.8 Å². The van der Waals surface area contributed by atoms with Crippen molar-refractivity contribution in [1.29, 1.82) is 5.26 Å². The number of hydrogen-bond acceptors (Lipinski definition) is 4. The average molecular weight is 222 g/mol. The predicted molar refractivity (Wildman–Crippen MR) is 56.8 cm³/mol. The minimum absolute atomic E-state index is 0.101. The molecule has 0 unspecified atom stereocenters. The van der Waals surface area contributed by atoms with Crippen LogP contribution in [0.4, 0.5) is 0 Å². The lowest BCUT2D eigenvalue weighted by atomic mass is 9.99. The molecule has 1 amide bonds. The summed E-state index contributed by atoms with van der Waals surface area (Å²) in [7, 11) is 0. The fraction of sp³-hybridized carbons (Fsp3) is 0.545. The first-order valence-electron chi connectivity index (χ1n) is 4.83. The van der Waals surface area contributed by atoms with Gasteiger partial charge in [0.05, 0.1) is 25.1 Å². The normalized spacial score (nSPS) is 12.8. The van der Waals surface area contributed by atoms with Crippen molar-refractivity contribution in [2.75, 3.05) is 6.61 Å². The van der Waals surface area contributed by atoms with Gasteiger partial charge in [-0.2, -0.15) is 5.26 Å². The molecule has 86 valence electrons. The zero-order valence-corrected chi connectivity index (χ0v) is 9.32. The molecule has 0 aromatic carbocycles. The van der Waals surface area contributed by atoms with Crippen LogP contribution in [0.5, 0.6) is 0 Å². The van der Waals surface area contributed by atoms with E-state index >= 15 is 0 Å². The van der Waals surface area contributed by atoms with Crippen molar-refractivity contribution in [1.82, 2.24) is 5.32 Å². The highest BCUT2D eigenvalue weighted by Gasteiger charge is 2.23. The second kappa shape index (κ2) is 7.30. The molecule has 0 aliphatic rings. The van der Waals surface area contributed by atoms with E-state index in [0.29, 0.717) is 0 Å². The van der Waals surface area contributed by atoms with E-state index in [1.54, 1.807) is 6.92 Å². The molecule has 0 spiro atoms. The second-order valence-electron chi connectivity index (χ2n) is 3.09. The summed E-state index contributed by atoms with van der Waals surface area (Å²) in [6.45, 7) is 3.22. The van der Waals surface area contributed by atoms with Gasteiger partial charge in [-0.25, -0.2) is 0 Å². The quantitative estimate of drug-likeness (QED) is 0.533. The van der Waals surface area contributed by atoms with E-state index in [1.807, 2.05) is 6.07 Å². The van der Waals surface area contributed by atoms with E-state index < -0.39 is 17.9 Å². The Morgan fingerprint density at radius 2 is 2.19 bits per heavy atom. The van der Waals surface area contributed by atoms with Crippen LogP contribution in [0.15, 0.2) is 0 Å². The van der Waals surface area contributed by atoms with Crippen molar-refractivity contribution >= 4 is 11.9 Å². The molecule has 0 aliphatic carbocycles. The van der Waals surface area contributed by atoms with E-state index in [0.717, 1.165) is 0 Å². The van der Waals surface area contributed by atoms with Gasteiger partial charge in [-0.05, 0) is 6.92 Å². The summed E-state index contributed by atoms with van der Waals surface area (Å²) in [6.07, 6.45) is 5.03. The second-order valence-corrected chi connectivity index (χ2v) is 3.09. The number of rotatable bonds is 5. The number of hydrogen-bond donors (Lipinski definition) is 1. The molecular formula is C11H14N2O3. The Morgan fingerprint density at radius 1 is 1.56 bits per heavy atom. The Hall–Kier alpha value is -2.01. The largest absolute Gasteiger partial charge is 0.466 e. The van der Waals surface area contributed by atoms with Gasteiger partial charge in [-0.3, -0.25) is 9.59 Å². The van der Waals surface area contributed by atoms with Crippen LogP contribution in [-0.2, 0) is 14.3 Å². The fourth-order valence-corrected chi connectivity index (χ4v) is 1.16. The number of terminal acetylenes is 1. The van der Waals surface area contributed by atoms with Gasteiger partial charge in [0.1, 0.15) is 5.92 Å². The van der Waals surface area contributed by atoms with Crippen LogP contribution < -0.4 is 5.32 Å². The predicted octanol–water partition coefficient (Wildman–Crippen LogP) is 0.217. The maximum absolute atomic E-state index is 11.2. The number of nitrogens with one attached hydrogen (secondary N) is 1. The molecule has 5 nitrogen and oxygen atoms in total. The van der Waals surface area contributed by atoms with E-state index in [-0.39, 0.29) is 18.9 Å². The molecule has 0 radical (unpaired) electrons. The minimum Gasteiger partial charge on any atom is -0.466 e. The van der Waals surface area contributed by atoms with Crippen LogP contribution in [0.3, 0.4) is 0 Å². The highest BCUT2D eigenvalue weighted by molar-refractivity contribution is 5.75. The lowest BCUT2D eigenvalue weighted by Gasteiger charge is -2.18. The monoisotopic (exact) mass is 222 g/mol. The van der Waals surface area contributed by atoms with Gasteiger partial charge in [0, 0.05) is 6.92 Å². The number of ether oxygens (including phenoxy) is 1. The van der Waals surface area contributed by atoms with Crippen LogP contribution in [0.25, 0.3) is 0 Å². The van der Waals surface area contributed by atoms with Gasteiger partial charge in [-0.15, -0.1) is 6.42 Å². The number of carbonyl (C=O) groups is 2. The van der Waals surface area contributed by atoms with E-state index in [9.17, 15) is 9.59 Å². The van der Waals surface area contributed by atoms with Crippen LogP contribution >= 0.6 is 0 Å². The third-order valence-electron chi connectivity index (χ3n) is 1.80. The van der Waals surface area contributed by atoms with Crippen LogP contribution in [-0.4, -0.2) is 24.5 Å². The van der Waals surface area contributed by atoms with Crippen molar-refractivity contribution in [3.05, 3.63) is 0 Å². The van der Waals surface area contributed by atoms with Crippen molar-refractivity contribution < 1.29 is 14.3 Å². The Morgan fingerprint density at radius 3 is 2.56 bits per heavy atom. The highest BCUT2D eigenvalue weighted by atomic mass is 16.5. The molecule has 0 fully saturated rings. The molecule has 2 atom stereocenters. The summed E-state index contributed by atoms with van der Waals surface area (Å²) in [4.78, 5) is 22.1. The minimum atomic E-state index is -0.840. The van der Waals surface area contributed by atoms with E-state index in [2.05, 4.69) is 11.2 Å². The summed E-state index contributed by atoms with van der Waals surface area (Å²) in [5.74, 6) is 0.550. The standard InChI is InChI=1S/C11H14N2O3/c1-4-9(7-12)10(13-8(3)14)6-11(15)16-5-2/h1,9-10H,5-6H2,2-3H3,(H,13,14)/t9-,10-/m1/s1. The molecule has 0 aromatic rings. The molecule has 0 bridgehead atoms. The smallest absolute Gasteiger partial charge is 0.307 e. The van der Waals surface area contributed by atoms with Crippen molar-refractivity contribution in [3.8, 4) is 18.4 Å². The molecule has 5 heteroatoms. The first-order chi connectivity index (χ1) is 7.54. The van der Waals surface area contributed by atoms with Crippen molar-refractivity contribution in [2.45, 2.75) is 26.3 Å². The summed E-state index contributed by atoms with van der Waals surface area (Å²) in [5.41, 5.74) is 0. The summed E-state index contributed by atoms with van der Waals surface area (Å²) in [5, 5.41) is 11.2. The fourth-order valence-electron chi connectivity index (χ4n) is 1.16. The van der Waals surface area contributed by atoms with Crippen LogP contribution in [0.1, 0.15) is 20.3 Å². The van der Waals surface area contributed by atoms with Crippen LogP contribution in [0, 0.1) is 29.6 Å². The molecule has 0 saturated heterocycles. The highest BCUT2D eigenvalue weighted by Crippen LogP contribution is 2.07. The first-order valence-corrected chi connectivity index (χ1v) is 4.83. The van der Waals surface area contributed by atoms with Crippen LogP contribution in [0.2, 0.25) is 0 Å². The summed E-state index contributed by atoms with van der Waals surface area (Å²) < 4.78 is 4.72.